The number of nitrogens with zero attached hydrogens (tertiary/aromatic N) is 3. The van der Waals surface area contributed by atoms with Crippen molar-refractivity contribution in [2.75, 3.05) is 6.54 Å². The number of aromatic nitrogens is 2. The number of nitro groups is 1. The molecule has 0 fully saturated rings. The minimum Gasteiger partial charge on any atom is -0.268 e. The predicted octanol–water partition coefficient (Wildman–Crippen LogP) is 2.12. The lowest BCUT2D eigenvalue weighted by Crippen LogP contribution is -2.26. The zero-order valence-corrected chi connectivity index (χ0v) is 13.8. The summed E-state index contributed by atoms with van der Waals surface area (Å²) in [6.07, 6.45) is 1.99. The van der Waals surface area contributed by atoms with Gasteiger partial charge in [0.15, 0.2) is 4.90 Å². The second kappa shape index (κ2) is 7.07. The van der Waals surface area contributed by atoms with E-state index in [0.717, 1.165) is 11.8 Å². The third-order valence-electron chi connectivity index (χ3n) is 3.23. The largest absolute Gasteiger partial charge is 0.289 e. The number of nitrogens with one attached hydrogen (secondary N) is 1. The average Bonchev–Trinajstić information content (AvgIpc) is 2.83. The maximum Gasteiger partial charge on any atom is 0.289 e. The number of sulfonamides is 1. The highest BCUT2D eigenvalue weighted by molar-refractivity contribution is 7.89. The van der Waals surface area contributed by atoms with Crippen molar-refractivity contribution in [3.8, 4) is 0 Å². The van der Waals surface area contributed by atoms with Crippen LogP contribution in [0.5, 0.6) is 0 Å². The summed E-state index contributed by atoms with van der Waals surface area (Å²) >= 11 is 5.88. The van der Waals surface area contributed by atoms with Crippen LogP contribution in [0.25, 0.3) is 0 Å². The molecule has 0 saturated carbocycles. The van der Waals surface area contributed by atoms with Gasteiger partial charge in [0.05, 0.1) is 21.8 Å². The maximum absolute atomic E-state index is 12.2. The summed E-state index contributed by atoms with van der Waals surface area (Å²) in [5, 5.41) is 15.5. The van der Waals surface area contributed by atoms with Crippen molar-refractivity contribution in [3.05, 3.63) is 51.3 Å². The standard InChI is InChI=1S/C13H15ClN4O4S/c1-10-11(14)9-15-17(10)8-4-7-16-23(21,22)13-6-3-2-5-12(13)18(19)20/h2-3,5-6,9,16H,4,7-8H2,1H3. The van der Waals surface area contributed by atoms with Crippen molar-refractivity contribution >= 4 is 27.3 Å². The Morgan fingerprint density at radius 1 is 1.39 bits per heavy atom. The molecule has 1 heterocycles. The summed E-state index contributed by atoms with van der Waals surface area (Å²) in [4.78, 5) is 9.85. The lowest BCUT2D eigenvalue weighted by atomic mass is 10.3. The van der Waals surface area contributed by atoms with Gasteiger partial charge in [-0.25, -0.2) is 13.1 Å². The Morgan fingerprint density at radius 2 is 2.09 bits per heavy atom. The summed E-state index contributed by atoms with van der Waals surface area (Å²) < 4.78 is 28.4. The molecule has 0 radical (unpaired) electrons. The van der Waals surface area contributed by atoms with E-state index in [4.69, 9.17) is 11.6 Å². The minimum atomic E-state index is -3.94. The number of hydrogen-bond acceptors (Lipinski definition) is 5. The smallest absolute Gasteiger partial charge is 0.268 e. The van der Waals surface area contributed by atoms with Crippen molar-refractivity contribution in [2.24, 2.45) is 0 Å². The summed E-state index contributed by atoms with van der Waals surface area (Å²) in [7, 11) is -3.94. The molecule has 0 aliphatic carbocycles. The quantitative estimate of drug-likeness (QED) is 0.463. The fourth-order valence-corrected chi connectivity index (χ4v) is 3.38. The second-order valence-electron chi connectivity index (χ2n) is 4.78. The van der Waals surface area contributed by atoms with Gasteiger partial charge in [-0.05, 0) is 19.4 Å². The Bertz CT molecular complexity index is 819. The molecule has 10 heteroatoms. The van der Waals surface area contributed by atoms with Gasteiger partial charge >= 0.3 is 0 Å². The fraction of sp³-hybridized carbons (Fsp3) is 0.308. The SMILES string of the molecule is Cc1c(Cl)cnn1CCCNS(=O)(=O)c1ccccc1[N+](=O)[O-]. The molecule has 0 atom stereocenters. The zero-order valence-electron chi connectivity index (χ0n) is 12.3. The van der Waals surface area contributed by atoms with Crippen molar-refractivity contribution in [1.29, 1.82) is 0 Å². The third-order valence-corrected chi connectivity index (χ3v) is 5.11. The predicted molar refractivity (Wildman–Crippen MR) is 84.9 cm³/mol. The zero-order chi connectivity index (χ0) is 17.0. The molecule has 124 valence electrons. The van der Waals surface area contributed by atoms with Gasteiger partial charge < -0.3 is 0 Å². The number of para-hydroxylation sites is 1. The van der Waals surface area contributed by atoms with Crippen LogP contribution >= 0.6 is 11.6 Å². The molecule has 1 N–H and O–H groups in total. The van der Waals surface area contributed by atoms with Gasteiger partial charge in [-0.3, -0.25) is 14.8 Å². The van der Waals surface area contributed by atoms with E-state index in [1.807, 2.05) is 6.92 Å². The molecule has 8 nitrogen and oxygen atoms in total. The normalized spacial score (nSPS) is 11.6. The van der Waals surface area contributed by atoms with Gasteiger partial charge in [-0.1, -0.05) is 23.7 Å². The summed E-state index contributed by atoms with van der Waals surface area (Å²) in [5.74, 6) is 0. The second-order valence-corrected chi connectivity index (χ2v) is 6.92. The Kier molecular flexibility index (Phi) is 5.34. The molecular weight excluding hydrogens is 344 g/mol. The Hall–Kier alpha value is -1.97. The molecule has 0 amide bonds. The minimum absolute atomic E-state index is 0.130. The van der Waals surface area contributed by atoms with Gasteiger partial charge in [0, 0.05) is 19.2 Å². The Balaban J connectivity index is 2.00. The molecule has 1 aromatic carbocycles. The van der Waals surface area contributed by atoms with Crippen molar-refractivity contribution in [2.45, 2.75) is 24.8 Å². The van der Waals surface area contributed by atoms with Gasteiger partial charge in [0.1, 0.15) is 0 Å². The first kappa shape index (κ1) is 17.4. The van der Waals surface area contributed by atoms with Crippen molar-refractivity contribution < 1.29 is 13.3 Å². The topological polar surface area (TPSA) is 107 Å². The molecular formula is C13H15ClN4O4S. The van der Waals surface area contributed by atoms with E-state index in [-0.39, 0.29) is 11.4 Å². The molecule has 23 heavy (non-hydrogen) atoms. The van der Waals surface area contributed by atoms with E-state index in [9.17, 15) is 18.5 Å². The highest BCUT2D eigenvalue weighted by Gasteiger charge is 2.24. The van der Waals surface area contributed by atoms with Crippen molar-refractivity contribution in [1.82, 2.24) is 14.5 Å². The van der Waals surface area contributed by atoms with Crippen LogP contribution in [-0.4, -0.2) is 29.7 Å². The number of hydrogen-bond donors (Lipinski definition) is 1. The third kappa shape index (κ3) is 4.06. The van der Waals surface area contributed by atoms with Crippen LogP contribution in [0.2, 0.25) is 5.02 Å². The molecule has 0 spiro atoms. The molecule has 2 rings (SSSR count). The van der Waals surface area contributed by atoms with Crippen LogP contribution in [0, 0.1) is 17.0 Å². The summed E-state index contributed by atoms with van der Waals surface area (Å²) in [6.45, 7) is 2.43. The highest BCUT2D eigenvalue weighted by Crippen LogP contribution is 2.22. The van der Waals surface area contributed by atoms with Crippen LogP contribution in [-0.2, 0) is 16.6 Å². The van der Waals surface area contributed by atoms with Gasteiger partial charge in [0.2, 0.25) is 10.0 Å². The number of nitro benzene ring substituents is 1. The van der Waals surface area contributed by atoms with Crippen LogP contribution in [0.4, 0.5) is 5.69 Å². The average molecular weight is 359 g/mol. The van der Waals surface area contributed by atoms with Gasteiger partial charge in [0.25, 0.3) is 5.69 Å². The lowest BCUT2D eigenvalue weighted by Gasteiger charge is -2.08. The lowest BCUT2D eigenvalue weighted by molar-refractivity contribution is -0.387. The molecule has 0 saturated heterocycles. The van der Waals surface area contributed by atoms with E-state index in [2.05, 4.69) is 9.82 Å². The first-order valence-corrected chi connectivity index (χ1v) is 8.60. The molecule has 0 aliphatic heterocycles. The number of halogens is 1. The van der Waals surface area contributed by atoms with Gasteiger partial charge in [-0.2, -0.15) is 5.10 Å². The number of benzene rings is 1. The Morgan fingerprint density at radius 3 is 2.70 bits per heavy atom. The van der Waals surface area contributed by atoms with E-state index in [0.29, 0.717) is 18.0 Å². The number of aryl methyl sites for hydroxylation is 1. The van der Waals surface area contributed by atoms with E-state index < -0.39 is 20.6 Å². The molecule has 0 bridgehead atoms. The molecule has 0 aliphatic rings. The van der Waals surface area contributed by atoms with Crippen molar-refractivity contribution in [3.63, 3.8) is 0 Å². The van der Waals surface area contributed by atoms with Crippen LogP contribution in [0.1, 0.15) is 12.1 Å². The number of rotatable bonds is 7. The monoisotopic (exact) mass is 358 g/mol. The molecule has 0 unspecified atom stereocenters. The first-order valence-electron chi connectivity index (χ1n) is 6.74. The molecule has 1 aromatic heterocycles. The van der Waals surface area contributed by atoms with Crippen LogP contribution < -0.4 is 4.72 Å². The summed E-state index contributed by atoms with van der Waals surface area (Å²) in [5.41, 5.74) is 0.350. The van der Waals surface area contributed by atoms with Gasteiger partial charge in [-0.15, -0.1) is 0 Å². The van der Waals surface area contributed by atoms with Crippen LogP contribution in [0.15, 0.2) is 35.4 Å². The summed E-state index contributed by atoms with van der Waals surface area (Å²) in [6, 6.07) is 5.22. The van der Waals surface area contributed by atoms with Crippen LogP contribution in [0.3, 0.4) is 0 Å². The first-order chi connectivity index (χ1) is 10.8. The molecule has 2 aromatic rings. The highest BCUT2D eigenvalue weighted by atomic mass is 35.5. The van der Waals surface area contributed by atoms with E-state index >= 15 is 0 Å². The maximum atomic E-state index is 12.2. The van der Waals surface area contributed by atoms with E-state index in [1.165, 1.54) is 24.4 Å². The fourth-order valence-electron chi connectivity index (χ4n) is 2.00. The Labute approximate surface area is 138 Å². The van der Waals surface area contributed by atoms with E-state index in [1.54, 1.807) is 4.68 Å².